The number of carbonyl (C=O) groups is 1. The van der Waals surface area contributed by atoms with E-state index in [9.17, 15) is 4.79 Å². The number of carboxylic acid groups (broad SMARTS) is 1. The normalized spacial score (nSPS) is 16.5. The number of hydrogen-bond acceptors (Lipinski definition) is 2. The zero-order valence-electron chi connectivity index (χ0n) is 10.1. The van der Waals surface area contributed by atoms with Gasteiger partial charge in [0, 0.05) is 25.1 Å². The highest BCUT2D eigenvalue weighted by Crippen LogP contribution is 2.32. The van der Waals surface area contributed by atoms with Crippen molar-refractivity contribution < 1.29 is 9.90 Å². The first kappa shape index (κ1) is 12.1. The molecule has 0 unspecified atom stereocenters. The Morgan fingerprint density at radius 3 is 2.88 bits per heavy atom. The summed E-state index contributed by atoms with van der Waals surface area (Å²) in [6.07, 6.45) is 9.11. The molecule has 0 atom stereocenters. The lowest BCUT2D eigenvalue weighted by Crippen LogP contribution is -2.02. The van der Waals surface area contributed by atoms with E-state index in [2.05, 4.69) is 11.2 Å². The van der Waals surface area contributed by atoms with Crippen LogP contribution in [0.25, 0.3) is 0 Å². The standard InChI is InChI=1S/C13H20N2O2/c16-13(17)7-3-4-9-15-10-8-12(14-15)11-5-1-2-6-11/h8,10-11H,1-7,9H2,(H,16,17). The topological polar surface area (TPSA) is 55.1 Å². The Hall–Kier alpha value is -1.32. The van der Waals surface area contributed by atoms with Gasteiger partial charge in [-0.15, -0.1) is 0 Å². The Morgan fingerprint density at radius 1 is 1.41 bits per heavy atom. The fourth-order valence-electron chi connectivity index (χ4n) is 2.49. The van der Waals surface area contributed by atoms with E-state index in [0.29, 0.717) is 5.92 Å². The lowest BCUT2D eigenvalue weighted by atomic mass is 10.1. The van der Waals surface area contributed by atoms with Crippen molar-refractivity contribution >= 4 is 5.97 Å². The van der Waals surface area contributed by atoms with Gasteiger partial charge in [-0.1, -0.05) is 12.8 Å². The van der Waals surface area contributed by atoms with Crippen LogP contribution in [0, 0.1) is 0 Å². The van der Waals surface area contributed by atoms with Crippen LogP contribution < -0.4 is 0 Å². The number of aromatic nitrogens is 2. The SMILES string of the molecule is O=C(O)CCCCn1ccc(C2CCCC2)n1. The molecule has 1 N–H and O–H groups in total. The summed E-state index contributed by atoms with van der Waals surface area (Å²) in [5, 5.41) is 13.1. The summed E-state index contributed by atoms with van der Waals surface area (Å²) >= 11 is 0. The molecule has 4 nitrogen and oxygen atoms in total. The first-order valence-electron chi connectivity index (χ1n) is 6.51. The van der Waals surface area contributed by atoms with Gasteiger partial charge >= 0.3 is 5.97 Å². The summed E-state index contributed by atoms with van der Waals surface area (Å²) in [5.74, 6) is -0.0487. The van der Waals surface area contributed by atoms with Crippen LogP contribution in [-0.4, -0.2) is 20.9 Å². The van der Waals surface area contributed by atoms with Crippen LogP contribution >= 0.6 is 0 Å². The zero-order chi connectivity index (χ0) is 12.1. The van der Waals surface area contributed by atoms with Gasteiger partial charge in [0.05, 0.1) is 5.69 Å². The monoisotopic (exact) mass is 236 g/mol. The molecule has 17 heavy (non-hydrogen) atoms. The summed E-state index contributed by atoms with van der Waals surface area (Å²) in [5.41, 5.74) is 1.22. The maximum Gasteiger partial charge on any atom is 0.303 e. The summed E-state index contributed by atoms with van der Waals surface area (Å²) in [4.78, 5) is 10.4. The minimum absolute atomic E-state index is 0.261. The molecular formula is C13H20N2O2. The van der Waals surface area contributed by atoms with Crippen LogP contribution in [0.1, 0.15) is 56.6 Å². The molecule has 1 heterocycles. The molecule has 0 saturated heterocycles. The average molecular weight is 236 g/mol. The molecule has 1 saturated carbocycles. The highest BCUT2D eigenvalue weighted by Gasteiger charge is 2.18. The van der Waals surface area contributed by atoms with Crippen molar-refractivity contribution in [3.8, 4) is 0 Å². The number of carboxylic acids is 1. The molecule has 1 aromatic rings. The zero-order valence-corrected chi connectivity index (χ0v) is 10.1. The highest BCUT2D eigenvalue weighted by atomic mass is 16.4. The van der Waals surface area contributed by atoms with Gasteiger partial charge in [-0.2, -0.15) is 5.10 Å². The van der Waals surface area contributed by atoms with Gasteiger partial charge in [-0.25, -0.2) is 0 Å². The van der Waals surface area contributed by atoms with Crippen LogP contribution in [0.15, 0.2) is 12.3 Å². The van der Waals surface area contributed by atoms with Crippen LogP contribution in [0.2, 0.25) is 0 Å². The second kappa shape index (κ2) is 5.84. The minimum Gasteiger partial charge on any atom is -0.481 e. The third kappa shape index (κ3) is 3.58. The Kier molecular flexibility index (Phi) is 4.18. The van der Waals surface area contributed by atoms with E-state index in [0.717, 1.165) is 19.4 Å². The van der Waals surface area contributed by atoms with E-state index in [4.69, 9.17) is 5.11 Å². The Bertz CT molecular complexity index is 367. The van der Waals surface area contributed by atoms with Crippen LogP contribution in [0.3, 0.4) is 0 Å². The second-order valence-corrected chi connectivity index (χ2v) is 4.84. The number of aliphatic carboxylic acids is 1. The van der Waals surface area contributed by atoms with E-state index in [-0.39, 0.29) is 6.42 Å². The van der Waals surface area contributed by atoms with Gasteiger partial charge in [-0.05, 0) is 31.7 Å². The van der Waals surface area contributed by atoms with E-state index in [1.165, 1.54) is 31.4 Å². The van der Waals surface area contributed by atoms with Gasteiger partial charge in [0.25, 0.3) is 0 Å². The molecule has 2 rings (SSSR count). The molecule has 0 aromatic carbocycles. The number of aryl methyl sites for hydroxylation is 1. The molecule has 0 amide bonds. The fourth-order valence-corrected chi connectivity index (χ4v) is 2.49. The average Bonchev–Trinajstić information content (AvgIpc) is 2.94. The molecular weight excluding hydrogens is 216 g/mol. The predicted molar refractivity (Wildman–Crippen MR) is 64.9 cm³/mol. The van der Waals surface area contributed by atoms with Gasteiger partial charge < -0.3 is 5.11 Å². The smallest absolute Gasteiger partial charge is 0.303 e. The molecule has 94 valence electrons. The number of rotatable bonds is 6. The molecule has 4 heteroatoms. The Morgan fingerprint density at radius 2 is 2.18 bits per heavy atom. The number of hydrogen-bond donors (Lipinski definition) is 1. The molecule has 0 radical (unpaired) electrons. The number of nitrogens with zero attached hydrogens (tertiary/aromatic N) is 2. The van der Waals surface area contributed by atoms with E-state index < -0.39 is 5.97 Å². The molecule has 1 aliphatic rings. The van der Waals surface area contributed by atoms with Crippen LogP contribution in [0.5, 0.6) is 0 Å². The van der Waals surface area contributed by atoms with Gasteiger partial charge in [0.2, 0.25) is 0 Å². The first-order valence-corrected chi connectivity index (χ1v) is 6.51. The van der Waals surface area contributed by atoms with Gasteiger partial charge in [-0.3, -0.25) is 9.48 Å². The maximum absolute atomic E-state index is 10.4. The van der Waals surface area contributed by atoms with Crippen molar-refractivity contribution in [2.45, 2.75) is 57.4 Å². The minimum atomic E-state index is -0.711. The summed E-state index contributed by atoms with van der Waals surface area (Å²) in [6.45, 7) is 0.833. The lowest BCUT2D eigenvalue weighted by Gasteiger charge is -2.04. The Balaban J connectivity index is 1.75. The molecule has 1 fully saturated rings. The summed E-state index contributed by atoms with van der Waals surface area (Å²) in [7, 11) is 0. The quantitative estimate of drug-likeness (QED) is 0.773. The maximum atomic E-state index is 10.4. The third-order valence-electron chi connectivity index (χ3n) is 3.46. The lowest BCUT2D eigenvalue weighted by molar-refractivity contribution is -0.137. The van der Waals surface area contributed by atoms with Crippen molar-refractivity contribution in [2.24, 2.45) is 0 Å². The summed E-state index contributed by atoms with van der Waals surface area (Å²) < 4.78 is 1.95. The van der Waals surface area contributed by atoms with Crippen molar-refractivity contribution in [2.75, 3.05) is 0 Å². The van der Waals surface area contributed by atoms with Crippen molar-refractivity contribution in [3.05, 3.63) is 18.0 Å². The third-order valence-corrected chi connectivity index (χ3v) is 3.46. The Labute approximate surface area is 102 Å². The largest absolute Gasteiger partial charge is 0.481 e. The molecule has 0 bridgehead atoms. The van der Waals surface area contributed by atoms with Crippen LogP contribution in [0.4, 0.5) is 0 Å². The highest BCUT2D eigenvalue weighted by molar-refractivity contribution is 5.66. The fraction of sp³-hybridized carbons (Fsp3) is 0.692. The van der Waals surface area contributed by atoms with Crippen molar-refractivity contribution in [1.82, 2.24) is 9.78 Å². The van der Waals surface area contributed by atoms with Gasteiger partial charge in [0.15, 0.2) is 0 Å². The van der Waals surface area contributed by atoms with Crippen molar-refractivity contribution in [3.63, 3.8) is 0 Å². The second-order valence-electron chi connectivity index (χ2n) is 4.84. The van der Waals surface area contributed by atoms with E-state index in [1.807, 2.05) is 10.9 Å². The van der Waals surface area contributed by atoms with Gasteiger partial charge in [0.1, 0.15) is 0 Å². The van der Waals surface area contributed by atoms with Crippen molar-refractivity contribution in [1.29, 1.82) is 0 Å². The number of unbranched alkanes of at least 4 members (excludes halogenated alkanes) is 1. The van der Waals surface area contributed by atoms with E-state index >= 15 is 0 Å². The molecule has 0 aliphatic heterocycles. The predicted octanol–water partition coefficient (Wildman–Crippen LogP) is 2.80. The molecule has 1 aliphatic carbocycles. The van der Waals surface area contributed by atoms with E-state index in [1.54, 1.807) is 0 Å². The molecule has 0 spiro atoms. The summed E-state index contributed by atoms with van der Waals surface area (Å²) in [6, 6.07) is 2.12. The first-order chi connectivity index (χ1) is 8.25. The molecule has 1 aromatic heterocycles. The van der Waals surface area contributed by atoms with Crippen LogP contribution in [-0.2, 0) is 11.3 Å².